The van der Waals surface area contributed by atoms with E-state index < -0.39 is 24.3 Å². The number of carbonyl (C=O) groups excluding carboxylic acids is 3. The second kappa shape index (κ2) is 8.73. The Balaban J connectivity index is 1.59. The Hall–Kier alpha value is -4.21. The number of fused-ring (bicyclic) bond motifs is 1. The van der Waals surface area contributed by atoms with E-state index in [-0.39, 0.29) is 23.6 Å². The average molecular weight is 451 g/mol. The standard InChI is InChI=1S/C23H21N3O7/c1-5-30-23(29)18-11(2)20(24-12(18)3)16(27)10-32-22(28)14-9-15(17-7-6-8-31-17)25-21-19(14)13(4)26-33-21/h6-9,24H,5,10H2,1-4H3. The molecule has 170 valence electrons. The van der Waals surface area contributed by atoms with E-state index in [1.165, 1.54) is 12.3 Å². The lowest BCUT2D eigenvalue weighted by Gasteiger charge is -2.07. The van der Waals surface area contributed by atoms with E-state index in [0.29, 0.717) is 39.4 Å². The summed E-state index contributed by atoms with van der Waals surface area (Å²) in [5.41, 5.74) is 2.52. The van der Waals surface area contributed by atoms with Crippen LogP contribution in [0.25, 0.3) is 22.6 Å². The predicted molar refractivity (Wildman–Crippen MR) is 115 cm³/mol. The zero-order chi connectivity index (χ0) is 23.7. The number of aromatic amines is 1. The molecule has 0 aromatic carbocycles. The molecule has 4 rings (SSSR count). The van der Waals surface area contributed by atoms with Crippen LogP contribution in [-0.4, -0.2) is 46.1 Å². The van der Waals surface area contributed by atoms with Crippen LogP contribution < -0.4 is 0 Å². The quantitative estimate of drug-likeness (QED) is 0.327. The molecular formula is C23H21N3O7. The molecule has 0 amide bonds. The number of rotatable bonds is 7. The summed E-state index contributed by atoms with van der Waals surface area (Å²) in [6.45, 7) is 6.35. The molecule has 0 saturated carbocycles. The lowest BCUT2D eigenvalue weighted by Crippen LogP contribution is -2.16. The Morgan fingerprint density at radius 2 is 1.91 bits per heavy atom. The molecule has 0 fully saturated rings. The van der Waals surface area contributed by atoms with Crippen LogP contribution in [0.5, 0.6) is 0 Å². The molecule has 10 nitrogen and oxygen atoms in total. The molecular weight excluding hydrogens is 430 g/mol. The summed E-state index contributed by atoms with van der Waals surface area (Å²) in [6, 6.07) is 4.88. The number of carbonyl (C=O) groups is 3. The molecule has 0 aliphatic heterocycles. The zero-order valence-electron chi connectivity index (χ0n) is 18.5. The number of H-pyrrole nitrogens is 1. The van der Waals surface area contributed by atoms with Crippen molar-refractivity contribution < 1.29 is 32.8 Å². The van der Waals surface area contributed by atoms with E-state index in [1.807, 2.05) is 0 Å². The van der Waals surface area contributed by atoms with Crippen molar-refractivity contribution in [1.82, 2.24) is 15.1 Å². The molecule has 0 aliphatic carbocycles. The smallest absolute Gasteiger partial charge is 0.340 e. The van der Waals surface area contributed by atoms with Crippen molar-refractivity contribution in [1.29, 1.82) is 0 Å². The van der Waals surface area contributed by atoms with Gasteiger partial charge in [0.2, 0.25) is 5.78 Å². The highest BCUT2D eigenvalue weighted by molar-refractivity contribution is 6.06. The van der Waals surface area contributed by atoms with Crippen LogP contribution in [0.2, 0.25) is 0 Å². The van der Waals surface area contributed by atoms with Crippen molar-refractivity contribution >= 4 is 28.8 Å². The first-order chi connectivity index (χ1) is 15.8. The van der Waals surface area contributed by atoms with E-state index in [9.17, 15) is 14.4 Å². The number of aromatic nitrogens is 3. The Morgan fingerprint density at radius 1 is 1.12 bits per heavy atom. The molecule has 4 heterocycles. The third-order valence-electron chi connectivity index (χ3n) is 5.14. The Labute approximate surface area is 187 Å². The molecule has 4 aromatic rings. The van der Waals surface area contributed by atoms with Crippen LogP contribution in [0.3, 0.4) is 0 Å². The Bertz CT molecular complexity index is 1360. The third-order valence-corrected chi connectivity index (χ3v) is 5.14. The highest BCUT2D eigenvalue weighted by Gasteiger charge is 2.25. The van der Waals surface area contributed by atoms with Gasteiger partial charge in [0.15, 0.2) is 12.4 Å². The van der Waals surface area contributed by atoms with Gasteiger partial charge in [-0.05, 0) is 51.5 Å². The minimum atomic E-state index is -0.749. The number of ketones is 1. The largest absolute Gasteiger partial charge is 0.463 e. The van der Waals surface area contributed by atoms with Crippen molar-refractivity contribution in [2.45, 2.75) is 27.7 Å². The fourth-order valence-corrected chi connectivity index (χ4v) is 3.63. The van der Waals surface area contributed by atoms with Gasteiger partial charge in [-0.1, -0.05) is 5.16 Å². The van der Waals surface area contributed by atoms with Gasteiger partial charge in [0.05, 0.1) is 40.8 Å². The van der Waals surface area contributed by atoms with Gasteiger partial charge in [-0.15, -0.1) is 0 Å². The van der Waals surface area contributed by atoms with Crippen LogP contribution in [0.1, 0.15) is 55.1 Å². The van der Waals surface area contributed by atoms with Crippen molar-refractivity contribution in [3.8, 4) is 11.5 Å². The first-order valence-electron chi connectivity index (χ1n) is 10.2. The van der Waals surface area contributed by atoms with Crippen molar-refractivity contribution in [3.05, 3.63) is 58.2 Å². The number of hydrogen-bond acceptors (Lipinski definition) is 9. The van der Waals surface area contributed by atoms with Crippen LogP contribution in [0.4, 0.5) is 0 Å². The topological polar surface area (TPSA) is 138 Å². The second-order valence-electron chi connectivity index (χ2n) is 7.33. The van der Waals surface area contributed by atoms with E-state index in [4.69, 9.17) is 18.4 Å². The van der Waals surface area contributed by atoms with Gasteiger partial charge in [0, 0.05) is 5.69 Å². The lowest BCUT2D eigenvalue weighted by molar-refractivity contribution is 0.0474. The fraction of sp³-hybridized carbons (Fsp3) is 0.261. The number of nitrogens with zero attached hydrogens (tertiary/aromatic N) is 2. The summed E-state index contributed by atoms with van der Waals surface area (Å²) in [5.74, 6) is -1.33. The maximum Gasteiger partial charge on any atom is 0.340 e. The van der Waals surface area contributed by atoms with Gasteiger partial charge in [-0.3, -0.25) is 4.79 Å². The number of aryl methyl sites for hydroxylation is 2. The highest BCUT2D eigenvalue weighted by atomic mass is 16.5. The first kappa shape index (κ1) is 22.0. The molecule has 10 heteroatoms. The van der Waals surface area contributed by atoms with Gasteiger partial charge in [-0.2, -0.15) is 0 Å². The van der Waals surface area contributed by atoms with Gasteiger partial charge < -0.3 is 23.4 Å². The molecule has 0 bridgehead atoms. The molecule has 0 saturated heterocycles. The van der Waals surface area contributed by atoms with Gasteiger partial charge in [0.1, 0.15) is 5.69 Å². The molecule has 0 atom stereocenters. The van der Waals surface area contributed by atoms with E-state index >= 15 is 0 Å². The van der Waals surface area contributed by atoms with Gasteiger partial charge in [0.25, 0.3) is 5.71 Å². The summed E-state index contributed by atoms with van der Waals surface area (Å²) in [7, 11) is 0. The molecule has 0 unspecified atom stereocenters. The molecule has 1 N–H and O–H groups in total. The molecule has 4 aromatic heterocycles. The molecule has 33 heavy (non-hydrogen) atoms. The van der Waals surface area contributed by atoms with Crippen LogP contribution >= 0.6 is 0 Å². The Kier molecular flexibility index (Phi) is 5.82. The minimum Gasteiger partial charge on any atom is -0.463 e. The summed E-state index contributed by atoms with van der Waals surface area (Å²) < 4.78 is 20.9. The number of pyridine rings is 1. The number of esters is 2. The third kappa shape index (κ3) is 4.02. The summed E-state index contributed by atoms with van der Waals surface area (Å²) in [4.78, 5) is 45.1. The molecule has 0 spiro atoms. The second-order valence-corrected chi connectivity index (χ2v) is 7.33. The van der Waals surface area contributed by atoms with Gasteiger partial charge in [-0.25, -0.2) is 14.6 Å². The highest BCUT2D eigenvalue weighted by Crippen LogP contribution is 2.28. The monoisotopic (exact) mass is 451 g/mol. The van der Waals surface area contributed by atoms with E-state index in [0.717, 1.165) is 0 Å². The maximum absolute atomic E-state index is 12.9. The number of hydrogen-bond donors (Lipinski definition) is 1. The summed E-state index contributed by atoms with van der Waals surface area (Å²) in [5, 5.41) is 4.26. The lowest BCUT2D eigenvalue weighted by atomic mass is 10.1. The fourth-order valence-electron chi connectivity index (χ4n) is 3.63. The van der Waals surface area contributed by atoms with Crippen LogP contribution in [0.15, 0.2) is 33.4 Å². The number of nitrogens with one attached hydrogen (secondary N) is 1. The van der Waals surface area contributed by atoms with Crippen LogP contribution in [-0.2, 0) is 9.47 Å². The van der Waals surface area contributed by atoms with Crippen molar-refractivity contribution in [2.75, 3.05) is 13.2 Å². The van der Waals surface area contributed by atoms with Crippen molar-refractivity contribution in [2.24, 2.45) is 0 Å². The minimum absolute atomic E-state index is 0.143. The van der Waals surface area contributed by atoms with Crippen molar-refractivity contribution in [3.63, 3.8) is 0 Å². The SMILES string of the molecule is CCOC(=O)c1c(C)[nH]c(C(=O)COC(=O)c2cc(-c3ccco3)nc3onc(C)c23)c1C. The van der Waals surface area contributed by atoms with Crippen LogP contribution in [0, 0.1) is 20.8 Å². The van der Waals surface area contributed by atoms with Gasteiger partial charge >= 0.3 is 11.9 Å². The Morgan fingerprint density at radius 3 is 2.61 bits per heavy atom. The average Bonchev–Trinajstić information content (AvgIpc) is 3.51. The summed E-state index contributed by atoms with van der Waals surface area (Å²) in [6.07, 6.45) is 1.48. The number of Topliss-reactive ketones (excluding diaryl/α,β-unsaturated/α-hetero) is 1. The number of ether oxygens (including phenoxy) is 2. The summed E-state index contributed by atoms with van der Waals surface area (Å²) >= 11 is 0. The zero-order valence-corrected chi connectivity index (χ0v) is 18.5. The predicted octanol–water partition coefficient (Wildman–Crippen LogP) is 3.95. The first-order valence-corrected chi connectivity index (χ1v) is 10.2. The molecule has 0 radical (unpaired) electrons. The number of furan rings is 1. The van der Waals surface area contributed by atoms with E-state index in [1.54, 1.807) is 39.8 Å². The normalized spacial score (nSPS) is 11.0. The maximum atomic E-state index is 12.9. The van der Waals surface area contributed by atoms with E-state index in [2.05, 4.69) is 15.1 Å². The molecule has 0 aliphatic rings.